The third kappa shape index (κ3) is 2.40. The molecule has 0 radical (unpaired) electrons. The van der Waals surface area contributed by atoms with Crippen molar-refractivity contribution < 1.29 is 18.3 Å². The Morgan fingerprint density at radius 1 is 1.35 bits per heavy atom. The Hall–Kier alpha value is -1.56. The van der Waals surface area contributed by atoms with Gasteiger partial charge in [-0.05, 0) is 43.0 Å². The molecule has 0 spiro atoms. The van der Waals surface area contributed by atoms with Crippen molar-refractivity contribution in [2.75, 3.05) is 23.0 Å². The van der Waals surface area contributed by atoms with Gasteiger partial charge >= 0.3 is 5.97 Å². The fraction of sp³-hybridized carbons (Fsp3) is 0.500. The summed E-state index contributed by atoms with van der Waals surface area (Å²) in [5, 5.41) is 9.04. The van der Waals surface area contributed by atoms with Gasteiger partial charge in [0.05, 0.1) is 17.1 Å². The van der Waals surface area contributed by atoms with Crippen molar-refractivity contribution in [1.82, 2.24) is 0 Å². The van der Waals surface area contributed by atoms with E-state index in [-0.39, 0.29) is 17.5 Å². The predicted octanol–water partition coefficient (Wildman–Crippen LogP) is 1.32. The van der Waals surface area contributed by atoms with Gasteiger partial charge in [0.2, 0.25) is 0 Å². The molecule has 1 fully saturated rings. The lowest BCUT2D eigenvalue weighted by atomic mass is 9.97. The van der Waals surface area contributed by atoms with E-state index < -0.39 is 15.8 Å². The van der Waals surface area contributed by atoms with Gasteiger partial charge in [-0.2, -0.15) is 0 Å². The summed E-state index contributed by atoms with van der Waals surface area (Å²) in [5.74, 6) is -0.447. The molecule has 6 heteroatoms. The molecule has 1 atom stereocenters. The number of carboxylic acids is 1. The summed E-state index contributed by atoms with van der Waals surface area (Å²) in [7, 11) is -2.90. The highest BCUT2D eigenvalue weighted by atomic mass is 32.2. The van der Waals surface area contributed by atoms with E-state index in [1.54, 1.807) is 12.1 Å². The number of sulfone groups is 1. The van der Waals surface area contributed by atoms with Gasteiger partial charge in [-0.3, -0.25) is 0 Å². The minimum absolute atomic E-state index is 0.0368. The molecule has 1 aromatic carbocycles. The molecular formula is C14H17NO4S. The maximum Gasteiger partial charge on any atom is 0.335 e. The van der Waals surface area contributed by atoms with Crippen molar-refractivity contribution in [3.63, 3.8) is 0 Å². The van der Waals surface area contributed by atoms with E-state index in [1.807, 2.05) is 6.07 Å². The second-order valence-electron chi connectivity index (χ2n) is 5.50. The van der Waals surface area contributed by atoms with Gasteiger partial charge in [0.25, 0.3) is 0 Å². The average molecular weight is 295 g/mol. The molecule has 3 rings (SSSR count). The number of aryl methyl sites for hydroxylation is 1. The Labute approximate surface area is 118 Å². The zero-order valence-electron chi connectivity index (χ0n) is 11.1. The lowest BCUT2D eigenvalue weighted by molar-refractivity contribution is 0.0696. The van der Waals surface area contributed by atoms with Crippen molar-refractivity contribution in [3.05, 3.63) is 29.3 Å². The highest BCUT2D eigenvalue weighted by Crippen LogP contribution is 2.32. The zero-order valence-corrected chi connectivity index (χ0v) is 11.9. The first-order chi connectivity index (χ1) is 9.46. The van der Waals surface area contributed by atoms with Crippen molar-refractivity contribution in [3.8, 4) is 0 Å². The summed E-state index contributed by atoms with van der Waals surface area (Å²) in [6.07, 6.45) is 2.46. The van der Waals surface area contributed by atoms with Crippen LogP contribution in [0.15, 0.2) is 18.2 Å². The van der Waals surface area contributed by atoms with E-state index in [0.29, 0.717) is 12.0 Å². The van der Waals surface area contributed by atoms with E-state index in [1.165, 1.54) is 0 Å². The normalized spacial score (nSPS) is 24.4. The van der Waals surface area contributed by atoms with E-state index >= 15 is 0 Å². The fourth-order valence-electron chi connectivity index (χ4n) is 3.16. The number of aromatic carboxylic acids is 1. The molecule has 1 N–H and O–H groups in total. The van der Waals surface area contributed by atoms with Crippen molar-refractivity contribution in [2.24, 2.45) is 0 Å². The second kappa shape index (κ2) is 4.77. The first-order valence-electron chi connectivity index (χ1n) is 6.79. The van der Waals surface area contributed by atoms with E-state index in [2.05, 4.69) is 4.90 Å². The van der Waals surface area contributed by atoms with Crippen molar-refractivity contribution >= 4 is 21.5 Å². The predicted molar refractivity (Wildman–Crippen MR) is 76.1 cm³/mol. The monoisotopic (exact) mass is 295 g/mol. The second-order valence-corrected chi connectivity index (χ2v) is 7.73. The summed E-state index contributed by atoms with van der Waals surface area (Å²) in [6.45, 7) is 0.847. The number of benzene rings is 1. The zero-order chi connectivity index (χ0) is 14.3. The number of anilines is 1. The number of carbonyl (C=O) groups is 1. The quantitative estimate of drug-likeness (QED) is 0.891. The minimum Gasteiger partial charge on any atom is -0.478 e. The van der Waals surface area contributed by atoms with Crippen LogP contribution in [0.1, 0.15) is 28.8 Å². The van der Waals surface area contributed by atoms with Gasteiger partial charge in [0.1, 0.15) is 0 Å². The van der Waals surface area contributed by atoms with Crippen LogP contribution in [0.2, 0.25) is 0 Å². The summed E-state index contributed by atoms with van der Waals surface area (Å²) in [6, 6.07) is 5.17. The van der Waals surface area contributed by atoms with E-state index in [9.17, 15) is 13.2 Å². The maximum absolute atomic E-state index is 11.6. The van der Waals surface area contributed by atoms with Gasteiger partial charge in [-0.25, -0.2) is 13.2 Å². The molecule has 0 bridgehead atoms. The van der Waals surface area contributed by atoms with Crippen LogP contribution < -0.4 is 4.90 Å². The molecule has 2 aliphatic rings. The van der Waals surface area contributed by atoms with Gasteiger partial charge in [0, 0.05) is 18.3 Å². The van der Waals surface area contributed by atoms with Crippen LogP contribution in [-0.4, -0.2) is 43.6 Å². The summed E-state index contributed by atoms with van der Waals surface area (Å²) >= 11 is 0. The Kier molecular flexibility index (Phi) is 3.20. The van der Waals surface area contributed by atoms with Gasteiger partial charge in [0.15, 0.2) is 9.84 Å². The molecule has 1 saturated heterocycles. The van der Waals surface area contributed by atoms with Gasteiger partial charge in [-0.1, -0.05) is 0 Å². The lowest BCUT2D eigenvalue weighted by Crippen LogP contribution is -2.39. The van der Waals surface area contributed by atoms with Gasteiger partial charge in [-0.15, -0.1) is 0 Å². The third-order valence-corrected chi connectivity index (χ3v) is 5.88. The Morgan fingerprint density at radius 2 is 2.15 bits per heavy atom. The standard InChI is InChI=1S/C14H17NO4S/c16-14(17)11-3-4-13-10(8-11)2-1-6-15(13)12-5-7-20(18,19)9-12/h3-4,8,12H,1-2,5-7,9H2,(H,16,17). The molecule has 2 aliphatic heterocycles. The first-order valence-corrected chi connectivity index (χ1v) is 8.62. The van der Waals surface area contributed by atoms with E-state index in [0.717, 1.165) is 30.6 Å². The number of carboxylic acid groups (broad SMARTS) is 1. The number of nitrogens with zero attached hydrogens (tertiary/aromatic N) is 1. The molecule has 108 valence electrons. The SMILES string of the molecule is O=C(O)c1ccc2c(c1)CCCN2C1CCS(=O)(=O)C1. The lowest BCUT2D eigenvalue weighted by Gasteiger charge is -2.35. The fourth-order valence-corrected chi connectivity index (χ4v) is 4.89. The smallest absolute Gasteiger partial charge is 0.335 e. The van der Waals surface area contributed by atoms with Crippen molar-refractivity contribution in [2.45, 2.75) is 25.3 Å². The molecule has 0 saturated carbocycles. The average Bonchev–Trinajstić information content (AvgIpc) is 2.77. The molecule has 0 amide bonds. The number of hydrogen-bond acceptors (Lipinski definition) is 4. The number of hydrogen-bond donors (Lipinski definition) is 1. The van der Waals surface area contributed by atoms with Crippen LogP contribution in [0.3, 0.4) is 0 Å². The highest BCUT2D eigenvalue weighted by molar-refractivity contribution is 7.91. The molecule has 2 heterocycles. The molecule has 5 nitrogen and oxygen atoms in total. The Bertz CT molecular complexity index is 653. The largest absolute Gasteiger partial charge is 0.478 e. The number of fused-ring (bicyclic) bond motifs is 1. The molecular weight excluding hydrogens is 278 g/mol. The van der Waals surface area contributed by atoms with Crippen LogP contribution >= 0.6 is 0 Å². The molecule has 0 aromatic heterocycles. The molecule has 1 unspecified atom stereocenters. The van der Waals surface area contributed by atoms with Crippen molar-refractivity contribution in [1.29, 1.82) is 0 Å². The Morgan fingerprint density at radius 3 is 2.80 bits per heavy atom. The van der Waals surface area contributed by atoms with Crippen LogP contribution in [0.4, 0.5) is 5.69 Å². The molecule has 0 aliphatic carbocycles. The highest BCUT2D eigenvalue weighted by Gasteiger charge is 2.34. The van der Waals surface area contributed by atoms with Crippen LogP contribution in [0, 0.1) is 0 Å². The summed E-state index contributed by atoms with van der Waals surface area (Å²) in [5.41, 5.74) is 2.31. The Balaban J connectivity index is 1.93. The number of rotatable bonds is 2. The molecule has 20 heavy (non-hydrogen) atoms. The summed E-state index contributed by atoms with van der Waals surface area (Å²) in [4.78, 5) is 13.2. The van der Waals surface area contributed by atoms with E-state index in [4.69, 9.17) is 5.11 Å². The third-order valence-electron chi connectivity index (χ3n) is 4.13. The van der Waals surface area contributed by atoms with Crippen LogP contribution in [0.25, 0.3) is 0 Å². The summed E-state index contributed by atoms with van der Waals surface area (Å²) < 4.78 is 23.3. The first kappa shape index (κ1) is 13.4. The van der Waals surface area contributed by atoms with Crippen LogP contribution in [-0.2, 0) is 16.3 Å². The maximum atomic E-state index is 11.6. The molecule has 1 aromatic rings. The minimum atomic E-state index is -2.90. The topological polar surface area (TPSA) is 74.7 Å². The van der Waals surface area contributed by atoms with Gasteiger partial charge < -0.3 is 10.0 Å². The van der Waals surface area contributed by atoms with Crippen LogP contribution in [0.5, 0.6) is 0 Å².